The number of aliphatic hydroxyl groups excluding tert-OH is 1. The highest BCUT2D eigenvalue weighted by atomic mass is 16.3. The first-order valence-corrected chi connectivity index (χ1v) is 6.60. The molecule has 100 valence electrons. The zero-order valence-corrected chi connectivity index (χ0v) is 11.3. The van der Waals surface area contributed by atoms with E-state index in [1.165, 1.54) is 0 Å². The molecule has 4 nitrogen and oxygen atoms in total. The van der Waals surface area contributed by atoms with Crippen molar-refractivity contribution in [1.29, 1.82) is 0 Å². The fourth-order valence-electron chi connectivity index (χ4n) is 2.45. The van der Waals surface area contributed by atoms with Crippen LogP contribution in [0.1, 0.15) is 46.5 Å². The van der Waals surface area contributed by atoms with E-state index in [9.17, 15) is 9.90 Å². The van der Waals surface area contributed by atoms with E-state index in [2.05, 4.69) is 17.6 Å². The van der Waals surface area contributed by atoms with Gasteiger partial charge in [-0.25, -0.2) is 0 Å². The van der Waals surface area contributed by atoms with Gasteiger partial charge in [0.05, 0.1) is 17.6 Å². The topological polar surface area (TPSA) is 61.4 Å². The molecule has 0 aromatic carbocycles. The Morgan fingerprint density at radius 3 is 2.71 bits per heavy atom. The summed E-state index contributed by atoms with van der Waals surface area (Å²) in [6.45, 7) is 7.53. The normalized spacial score (nSPS) is 25.6. The van der Waals surface area contributed by atoms with Crippen LogP contribution < -0.4 is 10.6 Å². The summed E-state index contributed by atoms with van der Waals surface area (Å²) in [5.74, 6) is 0.0885. The first-order chi connectivity index (χ1) is 7.96. The third kappa shape index (κ3) is 3.68. The van der Waals surface area contributed by atoms with Gasteiger partial charge in [0.2, 0.25) is 5.91 Å². The minimum absolute atomic E-state index is 0.0334. The van der Waals surface area contributed by atoms with Gasteiger partial charge in [0.15, 0.2) is 0 Å². The molecule has 1 atom stereocenters. The molecule has 0 aliphatic carbocycles. The summed E-state index contributed by atoms with van der Waals surface area (Å²) in [6.07, 6.45) is 3.91. The Morgan fingerprint density at radius 1 is 1.53 bits per heavy atom. The Hall–Kier alpha value is -0.610. The summed E-state index contributed by atoms with van der Waals surface area (Å²) in [6, 6.07) is 0. The molecule has 1 amide bonds. The zero-order chi connectivity index (χ0) is 12.9. The average Bonchev–Trinajstić information content (AvgIpc) is 2.30. The Labute approximate surface area is 104 Å². The number of rotatable bonds is 5. The van der Waals surface area contributed by atoms with Crippen molar-refractivity contribution < 1.29 is 9.90 Å². The van der Waals surface area contributed by atoms with Crippen LogP contribution in [0.5, 0.6) is 0 Å². The summed E-state index contributed by atoms with van der Waals surface area (Å²) < 4.78 is 0. The number of piperidine rings is 1. The van der Waals surface area contributed by atoms with Crippen LogP contribution in [0.3, 0.4) is 0 Å². The van der Waals surface area contributed by atoms with Crippen molar-refractivity contribution in [2.75, 3.05) is 19.7 Å². The van der Waals surface area contributed by atoms with Gasteiger partial charge in [-0.2, -0.15) is 0 Å². The first kappa shape index (κ1) is 14.5. The standard InChI is InChI=1S/C13H26N2O2/c1-4-6-13(7-5-8-14-9-13)11(17)15-12(2,3)10-16/h14,16H,4-10H2,1-3H3,(H,15,17). The van der Waals surface area contributed by atoms with E-state index >= 15 is 0 Å². The van der Waals surface area contributed by atoms with Gasteiger partial charge >= 0.3 is 0 Å². The Morgan fingerprint density at radius 2 is 2.24 bits per heavy atom. The fraction of sp³-hybridized carbons (Fsp3) is 0.923. The van der Waals surface area contributed by atoms with Crippen LogP contribution in [-0.4, -0.2) is 36.2 Å². The van der Waals surface area contributed by atoms with Gasteiger partial charge in [-0.1, -0.05) is 13.3 Å². The highest BCUT2D eigenvalue weighted by Crippen LogP contribution is 2.32. The molecule has 1 saturated heterocycles. The third-order valence-corrected chi connectivity index (χ3v) is 3.53. The molecule has 3 N–H and O–H groups in total. The molecule has 17 heavy (non-hydrogen) atoms. The van der Waals surface area contributed by atoms with Crippen molar-refractivity contribution in [2.24, 2.45) is 5.41 Å². The number of hydrogen-bond acceptors (Lipinski definition) is 3. The van der Waals surface area contributed by atoms with E-state index in [0.717, 1.165) is 38.8 Å². The lowest BCUT2D eigenvalue weighted by Crippen LogP contribution is -2.56. The largest absolute Gasteiger partial charge is 0.394 e. The van der Waals surface area contributed by atoms with E-state index in [-0.39, 0.29) is 17.9 Å². The van der Waals surface area contributed by atoms with Crippen LogP contribution in [0.15, 0.2) is 0 Å². The van der Waals surface area contributed by atoms with Crippen molar-refractivity contribution in [3.05, 3.63) is 0 Å². The highest BCUT2D eigenvalue weighted by molar-refractivity contribution is 5.83. The molecule has 1 aliphatic rings. The third-order valence-electron chi connectivity index (χ3n) is 3.53. The van der Waals surface area contributed by atoms with Gasteiger partial charge in [0.1, 0.15) is 0 Å². The van der Waals surface area contributed by atoms with E-state index in [1.54, 1.807) is 0 Å². The summed E-state index contributed by atoms with van der Waals surface area (Å²) in [5.41, 5.74) is -0.811. The van der Waals surface area contributed by atoms with Crippen LogP contribution in [0.25, 0.3) is 0 Å². The molecule has 0 aromatic rings. The van der Waals surface area contributed by atoms with Crippen molar-refractivity contribution in [3.63, 3.8) is 0 Å². The Kier molecular flexibility index (Phi) is 4.95. The Bertz CT molecular complexity index is 253. The lowest BCUT2D eigenvalue weighted by molar-refractivity contribution is -0.134. The summed E-state index contributed by atoms with van der Waals surface area (Å²) in [5, 5.41) is 15.5. The van der Waals surface area contributed by atoms with Crippen molar-refractivity contribution in [1.82, 2.24) is 10.6 Å². The van der Waals surface area contributed by atoms with E-state index in [1.807, 2.05) is 13.8 Å². The minimum atomic E-state index is -0.532. The van der Waals surface area contributed by atoms with Crippen LogP contribution >= 0.6 is 0 Å². The summed E-state index contributed by atoms with van der Waals surface area (Å²) in [4.78, 5) is 12.4. The van der Waals surface area contributed by atoms with E-state index in [4.69, 9.17) is 0 Å². The molecule has 0 bridgehead atoms. The van der Waals surface area contributed by atoms with E-state index in [0.29, 0.717) is 0 Å². The monoisotopic (exact) mass is 242 g/mol. The lowest BCUT2D eigenvalue weighted by atomic mass is 9.75. The number of nitrogens with one attached hydrogen (secondary N) is 2. The van der Waals surface area contributed by atoms with Gasteiger partial charge in [0.25, 0.3) is 0 Å². The van der Waals surface area contributed by atoms with Gasteiger partial charge in [0, 0.05) is 6.54 Å². The van der Waals surface area contributed by atoms with Crippen molar-refractivity contribution in [2.45, 2.75) is 52.0 Å². The molecule has 1 fully saturated rings. The van der Waals surface area contributed by atoms with Gasteiger partial charge in [-0.3, -0.25) is 4.79 Å². The highest BCUT2D eigenvalue weighted by Gasteiger charge is 2.40. The lowest BCUT2D eigenvalue weighted by Gasteiger charge is -2.38. The van der Waals surface area contributed by atoms with Gasteiger partial charge < -0.3 is 15.7 Å². The molecular formula is C13H26N2O2. The molecule has 1 aliphatic heterocycles. The molecule has 0 saturated carbocycles. The van der Waals surface area contributed by atoms with Crippen LogP contribution in [-0.2, 0) is 4.79 Å². The fourth-order valence-corrected chi connectivity index (χ4v) is 2.45. The predicted molar refractivity (Wildman–Crippen MR) is 68.8 cm³/mol. The van der Waals surface area contributed by atoms with Gasteiger partial charge in [-0.15, -0.1) is 0 Å². The maximum Gasteiger partial charge on any atom is 0.227 e. The smallest absolute Gasteiger partial charge is 0.227 e. The molecule has 1 rings (SSSR count). The summed E-state index contributed by atoms with van der Waals surface area (Å²) in [7, 11) is 0. The van der Waals surface area contributed by atoms with Crippen LogP contribution in [0.4, 0.5) is 0 Å². The number of aliphatic hydroxyl groups is 1. The second-order valence-corrected chi connectivity index (χ2v) is 5.81. The second kappa shape index (κ2) is 5.83. The first-order valence-electron chi connectivity index (χ1n) is 6.60. The zero-order valence-electron chi connectivity index (χ0n) is 11.3. The quantitative estimate of drug-likeness (QED) is 0.675. The molecule has 4 heteroatoms. The molecule has 1 heterocycles. The number of carbonyl (C=O) groups is 1. The van der Waals surface area contributed by atoms with Crippen molar-refractivity contribution in [3.8, 4) is 0 Å². The maximum absolute atomic E-state index is 12.4. The molecule has 0 radical (unpaired) electrons. The van der Waals surface area contributed by atoms with E-state index < -0.39 is 5.54 Å². The predicted octanol–water partition coefficient (Wildman–Crippen LogP) is 1.04. The molecule has 0 aromatic heterocycles. The number of amides is 1. The SMILES string of the molecule is CCCC1(C(=O)NC(C)(C)CO)CCCNC1. The Balaban J connectivity index is 2.73. The molecule has 1 unspecified atom stereocenters. The number of hydrogen-bond donors (Lipinski definition) is 3. The molecular weight excluding hydrogens is 216 g/mol. The average molecular weight is 242 g/mol. The van der Waals surface area contributed by atoms with Gasteiger partial charge in [-0.05, 0) is 39.7 Å². The molecule has 0 spiro atoms. The number of carbonyl (C=O) groups excluding carboxylic acids is 1. The van der Waals surface area contributed by atoms with Crippen LogP contribution in [0, 0.1) is 5.41 Å². The second-order valence-electron chi connectivity index (χ2n) is 5.81. The minimum Gasteiger partial charge on any atom is -0.394 e. The van der Waals surface area contributed by atoms with Crippen LogP contribution in [0.2, 0.25) is 0 Å². The summed E-state index contributed by atoms with van der Waals surface area (Å²) >= 11 is 0. The maximum atomic E-state index is 12.4. The van der Waals surface area contributed by atoms with Crippen molar-refractivity contribution >= 4 is 5.91 Å².